The van der Waals surface area contributed by atoms with Crippen LogP contribution in [0.4, 0.5) is 0 Å². The first-order chi connectivity index (χ1) is 5.34. The van der Waals surface area contributed by atoms with E-state index < -0.39 is 0 Å². The maximum Gasteiger partial charge on any atom is 0.00774 e. The molecule has 0 N–H and O–H groups in total. The van der Waals surface area contributed by atoms with Crippen molar-refractivity contribution in [2.24, 2.45) is 0 Å². The van der Waals surface area contributed by atoms with Gasteiger partial charge in [0.1, 0.15) is 0 Å². The summed E-state index contributed by atoms with van der Waals surface area (Å²) in [7, 11) is 0. The molecule has 0 radical (unpaired) electrons. The molecule has 0 unspecified atom stereocenters. The minimum Gasteiger partial charge on any atom is -0.149 e. The van der Waals surface area contributed by atoms with Crippen LogP contribution in [0.1, 0.15) is 23.8 Å². The van der Waals surface area contributed by atoms with E-state index in [-0.39, 0.29) is 0 Å². The molecule has 0 saturated carbocycles. The molecule has 0 nitrogen and oxygen atoms in total. The summed E-state index contributed by atoms with van der Waals surface area (Å²) in [6.45, 7) is 4.25. The van der Waals surface area contributed by atoms with Crippen molar-refractivity contribution in [1.29, 1.82) is 0 Å². The van der Waals surface area contributed by atoms with Crippen LogP contribution in [0, 0.1) is 6.92 Å². The number of allylic oxidation sites excluding steroid dienone is 2. The van der Waals surface area contributed by atoms with Crippen LogP contribution in [-0.2, 0) is 6.42 Å². The van der Waals surface area contributed by atoms with E-state index in [1.165, 1.54) is 23.3 Å². The summed E-state index contributed by atoms with van der Waals surface area (Å²) < 4.78 is 0. The van der Waals surface area contributed by atoms with E-state index in [9.17, 15) is 0 Å². The molecule has 1 aromatic rings. The lowest BCUT2D eigenvalue weighted by Crippen LogP contribution is -1.79. The van der Waals surface area contributed by atoms with E-state index >= 15 is 0 Å². The number of hydrogen-bond donors (Lipinski definition) is 0. The standard InChI is InChI=1S/C10H14S/c1-3-4-5-6-10-9(2)7-8-11-10/h3-4,7-8H,5-6H2,1-2H3/b4-3-. The lowest BCUT2D eigenvalue weighted by Gasteiger charge is -1.93. The predicted molar refractivity (Wildman–Crippen MR) is 52.2 cm³/mol. The summed E-state index contributed by atoms with van der Waals surface area (Å²) in [5.41, 5.74) is 1.44. The van der Waals surface area contributed by atoms with Crippen molar-refractivity contribution < 1.29 is 0 Å². The fourth-order valence-electron chi connectivity index (χ4n) is 1.04. The molecule has 11 heavy (non-hydrogen) atoms. The molecule has 0 amide bonds. The van der Waals surface area contributed by atoms with E-state index in [1.54, 1.807) is 0 Å². The van der Waals surface area contributed by atoms with Crippen LogP contribution in [0.5, 0.6) is 0 Å². The molecule has 60 valence electrons. The van der Waals surface area contributed by atoms with Crippen molar-refractivity contribution in [2.75, 3.05) is 0 Å². The summed E-state index contributed by atoms with van der Waals surface area (Å²) in [5, 5.41) is 2.17. The first-order valence-corrected chi connectivity index (χ1v) is 4.86. The van der Waals surface area contributed by atoms with Gasteiger partial charge in [0.05, 0.1) is 0 Å². The molecule has 1 heteroatoms. The second-order valence-electron chi connectivity index (χ2n) is 2.63. The molecule has 1 rings (SSSR count). The zero-order valence-electron chi connectivity index (χ0n) is 7.13. The Morgan fingerprint density at radius 2 is 2.36 bits per heavy atom. The van der Waals surface area contributed by atoms with Gasteiger partial charge in [-0.15, -0.1) is 11.3 Å². The van der Waals surface area contributed by atoms with Crippen LogP contribution in [0.3, 0.4) is 0 Å². The third-order valence-corrected chi connectivity index (χ3v) is 2.82. The molecule has 0 atom stereocenters. The molecule has 0 bridgehead atoms. The zero-order chi connectivity index (χ0) is 8.10. The summed E-state index contributed by atoms with van der Waals surface area (Å²) in [4.78, 5) is 1.53. The lowest BCUT2D eigenvalue weighted by molar-refractivity contribution is 1.01. The van der Waals surface area contributed by atoms with Crippen molar-refractivity contribution >= 4 is 11.3 Å². The first-order valence-electron chi connectivity index (χ1n) is 3.98. The largest absolute Gasteiger partial charge is 0.149 e. The third kappa shape index (κ3) is 2.51. The van der Waals surface area contributed by atoms with Crippen LogP contribution in [0.15, 0.2) is 23.6 Å². The van der Waals surface area contributed by atoms with Crippen molar-refractivity contribution in [3.05, 3.63) is 34.0 Å². The van der Waals surface area contributed by atoms with E-state index in [0.717, 1.165) is 0 Å². The van der Waals surface area contributed by atoms with Crippen LogP contribution in [0.25, 0.3) is 0 Å². The van der Waals surface area contributed by atoms with E-state index in [2.05, 4.69) is 37.4 Å². The molecule has 0 aliphatic heterocycles. The Kier molecular flexibility index (Phi) is 3.37. The average Bonchev–Trinajstić information content (AvgIpc) is 2.37. The quantitative estimate of drug-likeness (QED) is 0.602. The fraction of sp³-hybridized carbons (Fsp3) is 0.400. The van der Waals surface area contributed by atoms with Gasteiger partial charge in [-0.05, 0) is 43.7 Å². The number of aryl methyl sites for hydroxylation is 2. The Bertz CT molecular complexity index is 233. The second-order valence-corrected chi connectivity index (χ2v) is 3.64. The summed E-state index contributed by atoms with van der Waals surface area (Å²) in [6.07, 6.45) is 6.72. The summed E-state index contributed by atoms with van der Waals surface area (Å²) in [5.74, 6) is 0. The topological polar surface area (TPSA) is 0 Å². The first kappa shape index (κ1) is 8.54. The Morgan fingerprint density at radius 1 is 1.55 bits per heavy atom. The van der Waals surface area contributed by atoms with Crippen LogP contribution in [0.2, 0.25) is 0 Å². The minimum absolute atomic E-state index is 1.18. The van der Waals surface area contributed by atoms with Crippen molar-refractivity contribution in [2.45, 2.75) is 26.7 Å². The highest BCUT2D eigenvalue weighted by Crippen LogP contribution is 2.17. The van der Waals surface area contributed by atoms with Crippen LogP contribution < -0.4 is 0 Å². The highest BCUT2D eigenvalue weighted by atomic mass is 32.1. The maximum atomic E-state index is 2.22. The molecule has 0 saturated heterocycles. The van der Waals surface area contributed by atoms with E-state index in [4.69, 9.17) is 0 Å². The number of thiophene rings is 1. The molecular formula is C10H14S. The van der Waals surface area contributed by atoms with Gasteiger partial charge >= 0.3 is 0 Å². The SMILES string of the molecule is C/C=C\CCc1sccc1C. The molecule has 0 aromatic carbocycles. The Balaban J connectivity index is 2.44. The molecule has 0 aliphatic carbocycles. The molecule has 0 aliphatic rings. The molecular weight excluding hydrogens is 152 g/mol. The second kappa shape index (κ2) is 4.35. The van der Waals surface area contributed by atoms with Gasteiger partial charge in [-0.3, -0.25) is 0 Å². The fourth-order valence-corrected chi connectivity index (χ4v) is 1.97. The normalized spacial score (nSPS) is 11.1. The van der Waals surface area contributed by atoms with Gasteiger partial charge < -0.3 is 0 Å². The maximum absolute atomic E-state index is 2.22. The molecule has 1 aromatic heterocycles. The van der Waals surface area contributed by atoms with Crippen molar-refractivity contribution in [1.82, 2.24) is 0 Å². The highest BCUT2D eigenvalue weighted by molar-refractivity contribution is 7.10. The van der Waals surface area contributed by atoms with Crippen molar-refractivity contribution in [3.63, 3.8) is 0 Å². The number of rotatable bonds is 3. The lowest BCUT2D eigenvalue weighted by atomic mass is 10.2. The van der Waals surface area contributed by atoms with Crippen LogP contribution >= 0.6 is 11.3 Å². The van der Waals surface area contributed by atoms with Gasteiger partial charge in [0, 0.05) is 4.88 Å². The van der Waals surface area contributed by atoms with Gasteiger partial charge in [-0.2, -0.15) is 0 Å². The molecule has 0 spiro atoms. The molecule has 1 heterocycles. The molecule has 0 fully saturated rings. The number of hydrogen-bond acceptors (Lipinski definition) is 1. The van der Waals surface area contributed by atoms with Gasteiger partial charge in [-0.25, -0.2) is 0 Å². The minimum atomic E-state index is 1.18. The van der Waals surface area contributed by atoms with Crippen molar-refractivity contribution in [3.8, 4) is 0 Å². The Hall–Kier alpha value is -0.560. The summed E-state index contributed by atoms with van der Waals surface area (Å²) in [6, 6.07) is 2.19. The zero-order valence-corrected chi connectivity index (χ0v) is 7.95. The summed E-state index contributed by atoms with van der Waals surface area (Å²) >= 11 is 1.87. The van der Waals surface area contributed by atoms with Crippen LogP contribution in [-0.4, -0.2) is 0 Å². The van der Waals surface area contributed by atoms with Gasteiger partial charge in [0.2, 0.25) is 0 Å². The van der Waals surface area contributed by atoms with E-state index in [1.807, 2.05) is 11.3 Å². The Morgan fingerprint density at radius 3 is 2.91 bits per heavy atom. The van der Waals surface area contributed by atoms with E-state index in [0.29, 0.717) is 0 Å². The highest BCUT2D eigenvalue weighted by Gasteiger charge is 1.96. The monoisotopic (exact) mass is 166 g/mol. The van der Waals surface area contributed by atoms with Gasteiger partial charge in [-0.1, -0.05) is 12.2 Å². The smallest absolute Gasteiger partial charge is 0.00774 e. The Labute approximate surface area is 72.6 Å². The average molecular weight is 166 g/mol. The van der Waals surface area contributed by atoms with Gasteiger partial charge in [0.25, 0.3) is 0 Å². The van der Waals surface area contributed by atoms with Gasteiger partial charge in [0.15, 0.2) is 0 Å². The predicted octanol–water partition coefficient (Wildman–Crippen LogP) is 3.57. The third-order valence-electron chi connectivity index (χ3n) is 1.74.